The monoisotopic (exact) mass is 379 g/mol. The minimum absolute atomic E-state index is 0.279. The topological polar surface area (TPSA) is 69.4 Å². The zero-order chi connectivity index (χ0) is 19.8. The fraction of sp³-hybridized carbons (Fsp3) is 0.364. The third-order valence-corrected chi connectivity index (χ3v) is 5.30. The van der Waals surface area contributed by atoms with Crippen LogP contribution >= 0.6 is 0 Å². The molecule has 0 radical (unpaired) electrons. The maximum atomic E-state index is 9.93. The van der Waals surface area contributed by atoms with E-state index in [1.807, 2.05) is 18.2 Å². The summed E-state index contributed by atoms with van der Waals surface area (Å²) in [5.74, 6) is 3.72. The number of nitrogens with zero attached hydrogens (tertiary/aromatic N) is 3. The molecule has 3 aromatic rings. The van der Waals surface area contributed by atoms with Crippen molar-refractivity contribution >= 4 is 0 Å². The fourth-order valence-corrected chi connectivity index (χ4v) is 3.88. The minimum atomic E-state index is 0.279. The zero-order valence-corrected chi connectivity index (χ0v) is 16.7. The summed E-state index contributed by atoms with van der Waals surface area (Å²) in [5.41, 5.74) is 4.08. The molecule has 146 valence electrons. The standard InChI is InChI=1S/C22H25N3O3/c1-13(2)16-11-17(20(28-4)12-19(16)27-3)22-24-23-21-7-5-6-14-10-15(26)8-9-18(14)25(21)22/h8-13,26H,5-7H2,1-4H3. The number of fused-ring (bicyclic) bond motifs is 3. The molecule has 1 aliphatic rings. The predicted octanol–water partition coefficient (Wildman–Crippen LogP) is 4.27. The summed E-state index contributed by atoms with van der Waals surface area (Å²) < 4.78 is 13.3. The Morgan fingerprint density at radius 3 is 2.50 bits per heavy atom. The number of phenols is 1. The van der Waals surface area contributed by atoms with Gasteiger partial charge in [0, 0.05) is 12.5 Å². The Bertz CT molecular complexity index is 1020. The molecule has 0 saturated heterocycles. The van der Waals surface area contributed by atoms with Crippen molar-refractivity contribution in [2.75, 3.05) is 14.2 Å². The molecule has 1 N–H and O–H groups in total. The summed E-state index contributed by atoms with van der Waals surface area (Å²) in [6, 6.07) is 9.48. The Kier molecular flexibility index (Phi) is 4.71. The lowest BCUT2D eigenvalue weighted by molar-refractivity contribution is 0.390. The fourth-order valence-electron chi connectivity index (χ4n) is 3.88. The summed E-state index contributed by atoms with van der Waals surface area (Å²) >= 11 is 0. The van der Waals surface area contributed by atoms with Crippen molar-refractivity contribution in [2.45, 2.75) is 39.0 Å². The first kappa shape index (κ1) is 18.3. The summed E-state index contributed by atoms with van der Waals surface area (Å²) in [4.78, 5) is 0. The number of ether oxygens (including phenoxy) is 2. The number of methoxy groups -OCH3 is 2. The number of hydrogen-bond acceptors (Lipinski definition) is 5. The molecule has 4 rings (SSSR count). The van der Waals surface area contributed by atoms with E-state index in [0.29, 0.717) is 5.75 Å². The van der Waals surface area contributed by atoms with Crippen LogP contribution in [0.2, 0.25) is 0 Å². The van der Waals surface area contributed by atoms with Crippen LogP contribution in [0.4, 0.5) is 0 Å². The van der Waals surface area contributed by atoms with Crippen LogP contribution in [-0.2, 0) is 12.8 Å². The second-order valence-corrected chi connectivity index (χ2v) is 7.39. The molecule has 1 aliphatic heterocycles. The maximum absolute atomic E-state index is 9.93. The van der Waals surface area contributed by atoms with Gasteiger partial charge in [0.05, 0.1) is 25.5 Å². The van der Waals surface area contributed by atoms with Crippen molar-refractivity contribution in [1.29, 1.82) is 0 Å². The first-order valence-corrected chi connectivity index (χ1v) is 9.56. The van der Waals surface area contributed by atoms with Gasteiger partial charge in [0.25, 0.3) is 0 Å². The number of benzene rings is 2. The SMILES string of the molecule is COc1cc(OC)c(C(C)C)cc1-c1nnc2n1-c1ccc(O)cc1CCC2. The van der Waals surface area contributed by atoms with Crippen LogP contribution < -0.4 is 9.47 Å². The molecule has 0 saturated carbocycles. The van der Waals surface area contributed by atoms with Gasteiger partial charge >= 0.3 is 0 Å². The molecule has 0 bridgehead atoms. The Balaban J connectivity index is 1.98. The third kappa shape index (κ3) is 2.99. The number of hydrogen-bond donors (Lipinski definition) is 1. The molecule has 0 amide bonds. The first-order chi connectivity index (χ1) is 13.5. The van der Waals surface area contributed by atoms with E-state index in [-0.39, 0.29) is 11.7 Å². The molecular weight excluding hydrogens is 354 g/mol. The molecule has 1 aromatic heterocycles. The van der Waals surface area contributed by atoms with Gasteiger partial charge in [-0.1, -0.05) is 13.8 Å². The first-order valence-electron chi connectivity index (χ1n) is 9.56. The third-order valence-electron chi connectivity index (χ3n) is 5.30. The summed E-state index contributed by atoms with van der Waals surface area (Å²) in [7, 11) is 3.32. The second-order valence-electron chi connectivity index (χ2n) is 7.39. The van der Waals surface area contributed by atoms with E-state index in [0.717, 1.165) is 59.0 Å². The normalized spacial score (nSPS) is 13.0. The highest BCUT2D eigenvalue weighted by molar-refractivity contribution is 5.70. The Morgan fingerprint density at radius 2 is 1.79 bits per heavy atom. The van der Waals surface area contributed by atoms with Crippen molar-refractivity contribution in [3.8, 4) is 34.3 Å². The molecule has 0 atom stereocenters. The highest BCUT2D eigenvalue weighted by Crippen LogP contribution is 2.40. The Labute approximate surface area is 164 Å². The van der Waals surface area contributed by atoms with Gasteiger partial charge in [-0.2, -0.15) is 0 Å². The van der Waals surface area contributed by atoms with Crippen LogP contribution in [0.1, 0.15) is 43.1 Å². The predicted molar refractivity (Wildman–Crippen MR) is 108 cm³/mol. The van der Waals surface area contributed by atoms with Gasteiger partial charge in [0.1, 0.15) is 23.1 Å². The zero-order valence-electron chi connectivity index (χ0n) is 16.7. The average molecular weight is 379 g/mol. The average Bonchev–Trinajstić information content (AvgIpc) is 3.01. The van der Waals surface area contributed by atoms with E-state index in [9.17, 15) is 5.11 Å². The molecule has 0 spiro atoms. The van der Waals surface area contributed by atoms with Crippen LogP contribution in [-0.4, -0.2) is 34.1 Å². The lowest BCUT2D eigenvalue weighted by Gasteiger charge is -2.18. The van der Waals surface area contributed by atoms with Gasteiger partial charge < -0.3 is 14.6 Å². The lowest BCUT2D eigenvalue weighted by Crippen LogP contribution is -2.05. The molecule has 6 heteroatoms. The van der Waals surface area contributed by atoms with Crippen molar-refractivity contribution in [2.24, 2.45) is 0 Å². The molecular formula is C22H25N3O3. The Hall–Kier alpha value is -3.02. The lowest BCUT2D eigenvalue weighted by atomic mass is 9.98. The van der Waals surface area contributed by atoms with Crippen LogP contribution in [0.5, 0.6) is 17.2 Å². The maximum Gasteiger partial charge on any atom is 0.172 e. The second kappa shape index (κ2) is 7.19. The number of phenolic OH excluding ortho intramolecular Hbond substituents is 1. The molecule has 6 nitrogen and oxygen atoms in total. The molecule has 0 fully saturated rings. The van der Waals surface area contributed by atoms with E-state index in [1.165, 1.54) is 0 Å². The van der Waals surface area contributed by atoms with Gasteiger partial charge in [0.2, 0.25) is 0 Å². The molecule has 0 aliphatic carbocycles. The van der Waals surface area contributed by atoms with E-state index in [4.69, 9.17) is 9.47 Å². The largest absolute Gasteiger partial charge is 0.508 e. The number of aromatic nitrogens is 3. The number of rotatable bonds is 4. The smallest absolute Gasteiger partial charge is 0.172 e. The molecule has 2 aromatic carbocycles. The van der Waals surface area contributed by atoms with Gasteiger partial charge in [-0.25, -0.2) is 0 Å². The highest BCUT2D eigenvalue weighted by atomic mass is 16.5. The van der Waals surface area contributed by atoms with Crippen molar-refractivity contribution in [3.05, 3.63) is 47.3 Å². The number of aromatic hydroxyl groups is 1. The van der Waals surface area contributed by atoms with Gasteiger partial charge in [0.15, 0.2) is 5.82 Å². The number of aryl methyl sites for hydroxylation is 2. The van der Waals surface area contributed by atoms with E-state index < -0.39 is 0 Å². The summed E-state index contributed by atoms with van der Waals surface area (Å²) in [6.07, 6.45) is 2.69. The summed E-state index contributed by atoms with van der Waals surface area (Å²) in [5, 5.41) is 18.9. The van der Waals surface area contributed by atoms with Gasteiger partial charge in [-0.05, 0) is 54.2 Å². The van der Waals surface area contributed by atoms with Gasteiger partial charge in [-0.15, -0.1) is 10.2 Å². The Morgan fingerprint density at radius 1 is 1.00 bits per heavy atom. The van der Waals surface area contributed by atoms with E-state index >= 15 is 0 Å². The van der Waals surface area contributed by atoms with E-state index in [1.54, 1.807) is 20.3 Å². The van der Waals surface area contributed by atoms with Crippen LogP contribution in [0.25, 0.3) is 17.1 Å². The molecule has 28 heavy (non-hydrogen) atoms. The minimum Gasteiger partial charge on any atom is -0.508 e. The van der Waals surface area contributed by atoms with Gasteiger partial charge in [-0.3, -0.25) is 4.57 Å². The molecule has 2 heterocycles. The van der Waals surface area contributed by atoms with Crippen molar-refractivity contribution in [3.63, 3.8) is 0 Å². The van der Waals surface area contributed by atoms with Crippen LogP contribution in [0, 0.1) is 0 Å². The van der Waals surface area contributed by atoms with E-state index in [2.05, 4.69) is 34.7 Å². The van der Waals surface area contributed by atoms with Crippen molar-refractivity contribution in [1.82, 2.24) is 14.8 Å². The highest BCUT2D eigenvalue weighted by Gasteiger charge is 2.24. The van der Waals surface area contributed by atoms with Crippen LogP contribution in [0.3, 0.4) is 0 Å². The quantitative estimate of drug-likeness (QED) is 0.733. The van der Waals surface area contributed by atoms with Crippen molar-refractivity contribution < 1.29 is 14.6 Å². The van der Waals surface area contributed by atoms with Crippen LogP contribution in [0.15, 0.2) is 30.3 Å². The molecule has 0 unspecified atom stereocenters. The summed E-state index contributed by atoms with van der Waals surface area (Å²) in [6.45, 7) is 4.27.